The number of likely N-dealkylation sites (N-methyl/N-ethyl adjacent to an activating group) is 2. The van der Waals surface area contributed by atoms with Crippen LogP contribution in [-0.2, 0) is 4.74 Å². The first-order chi connectivity index (χ1) is 11.1. The summed E-state index contributed by atoms with van der Waals surface area (Å²) >= 11 is 0. The second-order valence-corrected chi connectivity index (χ2v) is 7.06. The van der Waals surface area contributed by atoms with Gasteiger partial charge in [0, 0.05) is 66.0 Å². The molecule has 24 heavy (non-hydrogen) atoms. The van der Waals surface area contributed by atoms with Crippen molar-refractivity contribution in [1.29, 1.82) is 0 Å². The summed E-state index contributed by atoms with van der Waals surface area (Å²) in [5, 5.41) is 3.50. The third-order valence-corrected chi connectivity index (χ3v) is 4.91. The number of nitrogens with zero attached hydrogens (tertiary/aromatic N) is 4. The van der Waals surface area contributed by atoms with Gasteiger partial charge < -0.3 is 19.9 Å². The number of rotatable bonds is 8. The van der Waals surface area contributed by atoms with E-state index in [1.165, 1.54) is 12.8 Å². The van der Waals surface area contributed by atoms with Crippen molar-refractivity contribution in [3.8, 4) is 0 Å². The fourth-order valence-corrected chi connectivity index (χ4v) is 2.86. The van der Waals surface area contributed by atoms with Crippen LogP contribution in [0.25, 0.3) is 0 Å². The number of halogens is 1. The molecule has 1 aliphatic heterocycles. The average Bonchev–Trinajstić information content (AvgIpc) is 3.37. The van der Waals surface area contributed by atoms with E-state index in [0.717, 1.165) is 64.4 Å². The van der Waals surface area contributed by atoms with Crippen molar-refractivity contribution >= 4 is 29.9 Å². The first-order valence-electron chi connectivity index (χ1n) is 9.02. The molecular weight excluding hydrogens is 417 g/mol. The predicted molar refractivity (Wildman–Crippen MR) is 111 cm³/mol. The van der Waals surface area contributed by atoms with Gasteiger partial charge in [-0.2, -0.15) is 0 Å². The Morgan fingerprint density at radius 3 is 2.54 bits per heavy atom. The topological polar surface area (TPSA) is 43.3 Å². The maximum atomic E-state index is 5.72. The molecule has 0 aromatic heterocycles. The third kappa shape index (κ3) is 7.84. The number of guanidine groups is 1. The quantitative estimate of drug-likeness (QED) is 0.259. The maximum Gasteiger partial charge on any atom is 0.193 e. The van der Waals surface area contributed by atoms with Crippen LogP contribution >= 0.6 is 24.0 Å². The molecule has 1 N–H and O–H groups in total. The van der Waals surface area contributed by atoms with Gasteiger partial charge in [-0.05, 0) is 32.7 Å². The second-order valence-electron chi connectivity index (χ2n) is 7.06. The summed E-state index contributed by atoms with van der Waals surface area (Å²) in [6.45, 7) is 10.5. The van der Waals surface area contributed by atoms with E-state index in [0.29, 0.717) is 6.04 Å². The number of nitrogens with one attached hydrogen (secondary N) is 1. The molecule has 0 bridgehead atoms. The molecule has 0 aromatic rings. The molecule has 2 rings (SSSR count). The van der Waals surface area contributed by atoms with E-state index in [9.17, 15) is 0 Å². The van der Waals surface area contributed by atoms with Gasteiger partial charge in [0.15, 0.2) is 5.96 Å². The molecule has 2 fully saturated rings. The molecule has 1 aliphatic carbocycles. The highest BCUT2D eigenvalue weighted by molar-refractivity contribution is 14.0. The van der Waals surface area contributed by atoms with Crippen LogP contribution in [0.1, 0.15) is 19.8 Å². The summed E-state index contributed by atoms with van der Waals surface area (Å²) in [6, 6.07) is 0.528. The molecule has 142 valence electrons. The number of aliphatic imine (C=N–C) groups is 1. The molecule has 0 aromatic carbocycles. The van der Waals surface area contributed by atoms with Gasteiger partial charge in [-0.25, -0.2) is 0 Å². The first kappa shape index (κ1) is 21.9. The highest BCUT2D eigenvalue weighted by Crippen LogP contribution is 2.28. The lowest BCUT2D eigenvalue weighted by molar-refractivity contribution is 0.113. The molecule has 7 heteroatoms. The average molecular weight is 453 g/mol. The van der Waals surface area contributed by atoms with E-state index in [4.69, 9.17) is 4.74 Å². The molecule has 1 unspecified atom stereocenters. The highest BCUT2D eigenvalue weighted by Gasteiger charge is 2.21. The summed E-state index contributed by atoms with van der Waals surface area (Å²) in [7, 11) is 6.13. The Kier molecular flexibility index (Phi) is 10.5. The van der Waals surface area contributed by atoms with E-state index < -0.39 is 0 Å². The fraction of sp³-hybridized carbons (Fsp3) is 0.941. The minimum atomic E-state index is 0. The molecule has 6 nitrogen and oxygen atoms in total. The number of piperazine rings is 1. The van der Waals surface area contributed by atoms with Crippen LogP contribution in [0.5, 0.6) is 0 Å². The summed E-state index contributed by atoms with van der Waals surface area (Å²) in [6.07, 6.45) is 2.70. The van der Waals surface area contributed by atoms with Crippen LogP contribution < -0.4 is 5.32 Å². The zero-order valence-corrected chi connectivity index (χ0v) is 18.2. The van der Waals surface area contributed by atoms with Crippen molar-refractivity contribution in [2.24, 2.45) is 10.9 Å². The van der Waals surface area contributed by atoms with Gasteiger partial charge in [0.25, 0.3) is 0 Å². The monoisotopic (exact) mass is 453 g/mol. The van der Waals surface area contributed by atoms with Crippen molar-refractivity contribution in [3.63, 3.8) is 0 Å². The van der Waals surface area contributed by atoms with Gasteiger partial charge in [0.05, 0.1) is 6.61 Å². The second kappa shape index (κ2) is 11.5. The van der Waals surface area contributed by atoms with E-state index >= 15 is 0 Å². The molecule has 2 aliphatic rings. The smallest absolute Gasteiger partial charge is 0.193 e. The Bertz CT molecular complexity index is 370. The molecule has 0 spiro atoms. The van der Waals surface area contributed by atoms with Gasteiger partial charge in [0.1, 0.15) is 0 Å². The SMILES string of the molecule is CN=C(NCC(C)N1CCN(C)CC1)N(C)CCOCC1CC1.I. The van der Waals surface area contributed by atoms with Gasteiger partial charge >= 0.3 is 0 Å². The first-order valence-corrected chi connectivity index (χ1v) is 9.02. The third-order valence-electron chi connectivity index (χ3n) is 4.91. The summed E-state index contributed by atoms with van der Waals surface area (Å²) < 4.78 is 5.72. The minimum absolute atomic E-state index is 0. The fourth-order valence-electron chi connectivity index (χ4n) is 2.86. The predicted octanol–water partition coefficient (Wildman–Crippen LogP) is 1.17. The maximum absolute atomic E-state index is 5.72. The Morgan fingerprint density at radius 1 is 1.29 bits per heavy atom. The molecule has 1 atom stereocenters. The number of hydrogen-bond acceptors (Lipinski definition) is 4. The summed E-state index contributed by atoms with van der Waals surface area (Å²) in [4.78, 5) is 11.5. The largest absolute Gasteiger partial charge is 0.379 e. The van der Waals surface area contributed by atoms with Gasteiger partial charge in [-0.15, -0.1) is 24.0 Å². The van der Waals surface area contributed by atoms with Crippen LogP contribution in [0.3, 0.4) is 0 Å². The van der Waals surface area contributed by atoms with Crippen molar-refractivity contribution in [2.45, 2.75) is 25.8 Å². The lowest BCUT2D eigenvalue weighted by Gasteiger charge is -2.37. The zero-order valence-electron chi connectivity index (χ0n) is 15.8. The molecular formula is C17H36IN5O. The Balaban J connectivity index is 0.00000288. The molecule has 1 saturated heterocycles. The van der Waals surface area contributed by atoms with Crippen molar-refractivity contribution in [1.82, 2.24) is 20.0 Å². The van der Waals surface area contributed by atoms with E-state index in [1.807, 2.05) is 7.05 Å². The Hall–Kier alpha value is -0.120. The lowest BCUT2D eigenvalue weighted by atomic mass is 10.2. The Labute approximate surface area is 165 Å². The van der Waals surface area contributed by atoms with Crippen LogP contribution in [0, 0.1) is 5.92 Å². The molecule has 0 radical (unpaired) electrons. The van der Waals surface area contributed by atoms with Crippen LogP contribution in [0.4, 0.5) is 0 Å². The molecule has 1 saturated carbocycles. The summed E-state index contributed by atoms with van der Waals surface area (Å²) in [5.41, 5.74) is 0. The van der Waals surface area contributed by atoms with E-state index in [-0.39, 0.29) is 24.0 Å². The van der Waals surface area contributed by atoms with Gasteiger partial charge in [-0.1, -0.05) is 0 Å². The highest BCUT2D eigenvalue weighted by atomic mass is 127. The lowest BCUT2D eigenvalue weighted by Crippen LogP contribution is -2.52. The minimum Gasteiger partial charge on any atom is -0.379 e. The van der Waals surface area contributed by atoms with Crippen molar-refractivity contribution in [2.75, 3.05) is 73.6 Å². The molecule has 0 amide bonds. The van der Waals surface area contributed by atoms with E-state index in [1.54, 1.807) is 0 Å². The number of hydrogen-bond donors (Lipinski definition) is 1. The molecule has 1 heterocycles. The number of ether oxygens (including phenoxy) is 1. The van der Waals surface area contributed by atoms with Crippen molar-refractivity contribution < 1.29 is 4.74 Å². The zero-order chi connectivity index (χ0) is 16.7. The Morgan fingerprint density at radius 2 is 1.96 bits per heavy atom. The van der Waals surface area contributed by atoms with Gasteiger partial charge in [0.2, 0.25) is 0 Å². The van der Waals surface area contributed by atoms with E-state index in [2.05, 4.69) is 46.0 Å². The normalized spacial score (nSPS) is 21.2. The van der Waals surface area contributed by atoms with Crippen LogP contribution in [-0.4, -0.2) is 100 Å². The van der Waals surface area contributed by atoms with Gasteiger partial charge in [-0.3, -0.25) is 9.89 Å². The summed E-state index contributed by atoms with van der Waals surface area (Å²) in [5.74, 6) is 1.79. The van der Waals surface area contributed by atoms with Crippen LogP contribution in [0.2, 0.25) is 0 Å². The van der Waals surface area contributed by atoms with Crippen LogP contribution in [0.15, 0.2) is 4.99 Å². The standard InChI is InChI=1S/C17H35N5O.HI/c1-15(22-9-7-20(3)8-10-22)13-19-17(18-2)21(4)11-12-23-14-16-5-6-16;/h15-16H,5-14H2,1-4H3,(H,18,19);1H. The van der Waals surface area contributed by atoms with Crippen molar-refractivity contribution in [3.05, 3.63) is 0 Å².